The molecule has 0 spiro atoms. The fraction of sp³-hybridized carbons (Fsp3) is 0.583. The van der Waals surface area contributed by atoms with E-state index >= 15 is 0 Å². The van der Waals surface area contributed by atoms with Crippen LogP contribution in [0.1, 0.15) is 31.7 Å². The normalized spacial score (nSPS) is 10.3. The summed E-state index contributed by atoms with van der Waals surface area (Å²) in [6, 6.07) is 3.97. The maximum absolute atomic E-state index is 5.51. The Balaban J connectivity index is 2.29. The van der Waals surface area contributed by atoms with Gasteiger partial charge in [-0.25, -0.2) is 4.98 Å². The molecule has 0 saturated carbocycles. The molecule has 0 aliphatic carbocycles. The molecule has 1 aromatic rings. The molecule has 1 N–H and O–H groups in total. The minimum Gasteiger partial charge on any atom is -0.478 e. The molecule has 15 heavy (non-hydrogen) atoms. The average Bonchev–Trinajstić information content (AvgIpc) is 2.27. The van der Waals surface area contributed by atoms with Gasteiger partial charge in [0.15, 0.2) is 0 Å². The van der Waals surface area contributed by atoms with Gasteiger partial charge in [0.2, 0.25) is 5.88 Å². The number of hydrogen-bond acceptors (Lipinski definition) is 3. The quantitative estimate of drug-likeness (QED) is 0.698. The average molecular weight is 208 g/mol. The van der Waals surface area contributed by atoms with Crippen LogP contribution in [0.3, 0.4) is 0 Å². The maximum Gasteiger partial charge on any atom is 0.213 e. The Bertz CT molecular complexity index is 259. The Morgan fingerprint density at radius 2 is 2.20 bits per heavy atom. The second-order valence-corrected chi connectivity index (χ2v) is 3.59. The van der Waals surface area contributed by atoms with Gasteiger partial charge >= 0.3 is 0 Å². The van der Waals surface area contributed by atoms with Crippen molar-refractivity contribution in [2.24, 2.45) is 0 Å². The van der Waals surface area contributed by atoms with Gasteiger partial charge in [-0.1, -0.05) is 25.8 Å². The summed E-state index contributed by atoms with van der Waals surface area (Å²) < 4.78 is 5.51. The Morgan fingerprint density at radius 3 is 2.80 bits per heavy atom. The van der Waals surface area contributed by atoms with Crippen LogP contribution in [-0.2, 0) is 6.54 Å². The molecular weight excluding hydrogens is 188 g/mol. The van der Waals surface area contributed by atoms with Crippen molar-refractivity contribution in [2.45, 2.75) is 32.7 Å². The molecule has 0 atom stereocenters. The first-order valence-corrected chi connectivity index (χ1v) is 5.59. The zero-order valence-electron chi connectivity index (χ0n) is 9.62. The van der Waals surface area contributed by atoms with Crippen molar-refractivity contribution in [2.75, 3.05) is 13.7 Å². The molecule has 0 saturated heterocycles. The van der Waals surface area contributed by atoms with Gasteiger partial charge in [0.05, 0.1) is 6.61 Å². The molecule has 0 unspecified atom stereocenters. The third-order valence-corrected chi connectivity index (χ3v) is 2.18. The highest BCUT2D eigenvalue weighted by molar-refractivity contribution is 5.17. The van der Waals surface area contributed by atoms with E-state index in [0.717, 1.165) is 25.5 Å². The summed E-state index contributed by atoms with van der Waals surface area (Å²) in [5.74, 6) is 0.728. The first-order chi connectivity index (χ1) is 7.36. The molecule has 0 aliphatic heterocycles. The summed E-state index contributed by atoms with van der Waals surface area (Å²) in [6.45, 7) is 3.81. The lowest BCUT2D eigenvalue weighted by Crippen LogP contribution is -2.05. The molecule has 0 aliphatic rings. The number of nitrogens with zero attached hydrogens (tertiary/aromatic N) is 1. The molecule has 0 amide bonds. The number of unbranched alkanes of at least 4 members (excludes halogenated alkanes) is 2. The van der Waals surface area contributed by atoms with Crippen LogP contribution in [0.25, 0.3) is 0 Å². The summed E-state index contributed by atoms with van der Waals surface area (Å²) in [5, 5.41) is 3.08. The van der Waals surface area contributed by atoms with Crippen LogP contribution in [0.4, 0.5) is 0 Å². The topological polar surface area (TPSA) is 34.1 Å². The Morgan fingerprint density at radius 1 is 1.33 bits per heavy atom. The molecule has 0 aromatic carbocycles. The van der Waals surface area contributed by atoms with E-state index in [-0.39, 0.29) is 0 Å². The van der Waals surface area contributed by atoms with Crippen LogP contribution in [0.5, 0.6) is 5.88 Å². The minimum atomic E-state index is 0.728. The van der Waals surface area contributed by atoms with Gasteiger partial charge in [0.1, 0.15) is 0 Å². The minimum absolute atomic E-state index is 0.728. The van der Waals surface area contributed by atoms with E-state index in [2.05, 4.69) is 17.2 Å². The van der Waals surface area contributed by atoms with Crippen molar-refractivity contribution in [1.29, 1.82) is 0 Å². The highest BCUT2D eigenvalue weighted by atomic mass is 16.5. The Kier molecular flexibility index (Phi) is 5.78. The third kappa shape index (κ3) is 4.79. The molecule has 0 fully saturated rings. The second kappa shape index (κ2) is 7.23. The molecule has 1 heterocycles. The van der Waals surface area contributed by atoms with Crippen molar-refractivity contribution >= 4 is 0 Å². The second-order valence-electron chi connectivity index (χ2n) is 3.59. The lowest BCUT2D eigenvalue weighted by Gasteiger charge is -2.05. The summed E-state index contributed by atoms with van der Waals surface area (Å²) in [6.07, 6.45) is 5.40. The van der Waals surface area contributed by atoms with Gasteiger partial charge in [-0.3, -0.25) is 0 Å². The van der Waals surface area contributed by atoms with Crippen LogP contribution in [0.2, 0.25) is 0 Å². The lowest BCUT2D eigenvalue weighted by atomic mass is 10.3. The van der Waals surface area contributed by atoms with Crippen molar-refractivity contribution in [3.05, 3.63) is 23.9 Å². The third-order valence-electron chi connectivity index (χ3n) is 2.18. The van der Waals surface area contributed by atoms with E-state index in [1.54, 1.807) is 0 Å². The van der Waals surface area contributed by atoms with E-state index in [9.17, 15) is 0 Å². The molecule has 1 rings (SSSR count). The summed E-state index contributed by atoms with van der Waals surface area (Å²) in [7, 11) is 1.93. The van der Waals surface area contributed by atoms with Gasteiger partial charge in [-0.2, -0.15) is 0 Å². The SMILES string of the molecule is CCCCCOc1ccc(CNC)cn1. The van der Waals surface area contributed by atoms with E-state index in [0.29, 0.717) is 0 Å². The smallest absolute Gasteiger partial charge is 0.213 e. The molecule has 84 valence electrons. The summed E-state index contributed by atoms with van der Waals surface area (Å²) >= 11 is 0. The van der Waals surface area contributed by atoms with Gasteiger partial charge in [-0.05, 0) is 19.0 Å². The molecule has 3 heteroatoms. The standard InChI is InChI=1S/C12H20N2O/c1-3-4-5-8-15-12-7-6-11(9-13-2)10-14-12/h6-7,10,13H,3-5,8-9H2,1-2H3. The number of rotatable bonds is 7. The first-order valence-electron chi connectivity index (χ1n) is 5.59. The van der Waals surface area contributed by atoms with Gasteiger partial charge in [-0.15, -0.1) is 0 Å². The predicted octanol–water partition coefficient (Wildman–Crippen LogP) is 2.37. The molecule has 1 aromatic heterocycles. The van der Waals surface area contributed by atoms with Crippen molar-refractivity contribution in [3.63, 3.8) is 0 Å². The number of hydrogen-bond donors (Lipinski definition) is 1. The maximum atomic E-state index is 5.51. The molecular formula is C12H20N2O. The fourth-order valence-electron chi connectivity index (χ4n) is 1.33. The predicted molar refractivity (Wildman–Crippen MR) is 62.0 cm³/mol. The van der Waals surface area contributed by atoms with Gasteiger partial charge in [0, 0.05) is 18.8 Å². The van der Waals surface area contributed by atoms with Crippen LogP contribution >= 0.6 is 0 Å². The van der Waals surface area contributed by atoms with E-state index in [1.807, 2.05) is 25.4 Å². The highest BCUT2D eigenvalue weighted by Crippen LogP contribution is 2.08. The lowest BCUT2D eigenvalue weighted by molar-refractivity contribution is 0.295. The molecule has 3 nitrogen and oxygen atoms in total. The van der Waals surface area contributed by atoms with E-state index < -0.39 is 0 Å². The van der Waals surface area contributed by atoms with E-state index in [1.165, 1.54) is 18.4 Å². The van der Waals surface area contributed by atoms with Crippen molar-refractivity contribution in [3.8, 4) is 5.88 Å². The molecule has 0 radical (unpaired) electrons. The molecule has 0 bridgehead atoms. The number of nitrogens with one attached hydrogen (secondary N) is 1. The zero-order chi connectivity index (χ0) is 10.9. The number of aromatic nitrogens is 1. The Labute approximate surface area is 91.9 Å². The first kappa shape index (κ1) is 12.0. The van der Waals surface area contributed by atoms with Gasteiger partial charge in [0.25, 0.3) is 0 Å². The van der Waals surface area contributed by atoms with Crippen molar-refractivity contribution < 1.29 is 4.74 Å². The van der Waals surface area contributed by atoms with Crippen LogP contribution < -0.4 is 10.1 Å². The van der Waals surface area contributed by atoms with E-state index in [4.69, 9.17) is 4.74 Å². The monoisotopic (exact) mass is 208 g/mol. The number of ether oxygens (including phenoxy) is 1. The Hall–Kier alpha value is -1.09. The number of pyridine rings is 1. The summed E-state index contributed by atoms with van der Waals surface area (Å²) in [4.78, 5) is 4.23. The highest BCUT2D eigenvalue weighted by Gasteiger charge is 1.96. The van der Waals surface area contributed by atoms with Crippen LogP contribution in [-0.4, -0.2) is 18.6 Å². The van der Waals surface area contributed by atoms with Crippen LogP contribution in [0, 0.1) is 0 Å². The van der Waals surface area contributed by atoms with Crippen molar-refractivity contribution in [1.82, 2.24) is 10.3 Å². The fourth-order valence-corrected chi connectivity index (χ4v) is 1.33. The zero-order valence-corrected chi connectivity index (χ0v) is 9.62. The largest absolute Gasteiger partial charge is 0.478 e. The van der Waals surface area contributed by atoms with Crippen LogP contribution in [0.15, 0.2) is 18.3 Å². The summed E-state index contributed by atoms with van der Waals surface area (Å²) in [5.41, 5.74) is 1.18. The van der Waals surface area contributed by atoms with Gasteiger partial charge < -0.3 is 10.1 Å².